The van der Waals surface area contributed by atoms with Crippen LogP contribution in [0.4, 0.5) is 23.3 Å². The Morgan fingerprint density at radius 1 is 1.11 bits per heavy atom. The molecule has 0 radical (unpaired) electrons. The van der Waals surface area contributed by atoms with Crippen LogP contribution in [0.15, 0.2) is 24.3 Å². The van der Waals surface area contributed by atoms with Crippen molar-refractivity contribution in [2.24, 2.45) is 5.84 Å². The van der Waals surface area contributed by atoms with Crippen molar-refractivity contribution in [3.8, 4) is 0 Å². The Balaban J connectivity index is 2.34. The van der Waals surface area contributed by atoms with Gasteiger partial charge in [0.15, 0.2) is 0 Å². The van der Waals surface area contributed by atoms with Crippen molar-refractivity contribution in [3.63, 3.8) is 0 Å². The van der Waals surface area contributed by atoms with Gasteiger partial charge in [-0.05, 0) is 31.0 Å². The number of rotatable bonds is 3. The van der Waals surface area contributed by atoms with Gasteiger partial charge in [0.1, 0.15) is 11.6 Å². The Kier molecular flexibility index (Phi) is 3.29. The van der Waals surface area contributed by atoms with E-state index in [1.54, 1.807) is 6.07 Å². The van der Waals surface area contributed by atoms with E-state index in [-0.39, 0.29) is 5.95 Å². The summed E-state index contributed by atoms with van der Waals surface area (Å²) in [6, 6.07) is 7.72. The number of hydrogen-bond donors (Lipinski definition) is 4. The van der Waals surface area contributed by atoms with Crippen molar-refractivity contribution >= 4 is 23.3 Å². The van der Waals surface area contributed by atoms with E-state index in [0.29, 0.717) is 11.6 Å². The van der Waals surface area contributed by atoms with Gasteiger partial charge in [-0.3, -0.25) is 0 Å². The zero-order valence-electron chi connectivity index (χ0n) is 10.4. The highest BCUT2D eigenvalue weighted by atomic mass is 15.3. The number of nitrogen functional groups attached to an aromatic ring is 2. The van der Waals surface area contributed by atoms with Crippen LogP contribution in [-0.2, 0) is 0 Å². The Hall–Kier alpha value is -2.34. The molecule has 0 bridgehead atoms. The van der Waals surface area contributed by atoms with E-state index in [9.17, 15) is 0 Å². The Labute approximate surface area is 105 Å². The lowest BCUT2D eigenvalue weighted by atomic mass is 10.1. The van der Waals surface area contributed by atoms with Crippen LogP contribution < -0.4 is 22.3 Å². The molecule has 2 aromatic rings. The summed E-state index contributed by atoms with van der Waals surface area (Å²) in [5.74, 6) is 6.55. The van der Waals surface area contributed by atoms with Crippen molar-refractivity contribution < 1.29 is 0 Å². The predicted molar refractivity (Wildman–Crippen MR) is 73.5 cm³/mol. The molecule has 0 saturated carbocycles. The van der Waals surface area contributed by atoms with E-state index in [2.05, 4.69) is 33.7 Å². The molecule has 6 heteroatoms. The molecule has 1 aromatic carbocycles. The average molecular weight is 244 g/mol. The van der Waals surface area contributed by atoms with Crippen molar-refractivity contribution in [2.45, 2.75) is 13.8 Å². The van der Waals surface area contributed by atoms with Gasteiger partial charge in [0.05, 0.1) is 0 Å². The van der Waals surface area contributed by atoms with Crippen LogP contribution in [0.5, 0.6) is 0 Å². The molecule has 0 saturated heterocycles. The maximum absolute atomic E-state index is 5.60. The highest BCUT2D eigenvalue weighted by molar-refractivity contribution is 5.64. The number of nitrogens with one attached hydrogen (secondary N) is 2. The first-order valence-electron chi connectivity index (χ1n) is 5.54. The monoisotopic (exact) mass is 244 g/mol. The van der Waals surface area contributed by atoms with E-state index in [1.807, 2.05) is 19.1 Å². The highest BCUT2D eigenvalue weighted by Gasteiger charge is 2.04. The topological polar surface area (TPSA) is 102 Å². The van der Waals surface area contributed by atoms with Gasteiger partial charge in [-0.1, -0.05) is 12.1 Å². The van der Waals surface area contributed by atoms with Crippen LogP contribution in [0.1, 0.15) is 11.1 Å². The van der Waals surface area contributed by atoms with Crippen LogP contribution in [0, 0.1) is 13.8 Å². The van der Waals surface area contributed by atoms with Crippen molar-refractivity contribution in [1.29, 1.82) is 0 Å². The number of aryl methyl sites for hydroxylation is 1. The molecule has 2 rings (SSSR count). The predicted octanol–water partition coefficient (Wildman–Crippen LogP) is 1.70. The fraction of sp³-hybridized carbons (Fsp3) is 0.167. The second-order valence-electron chi connectivity index (χ2n) is 4.01. The van der Waals surface area contributed by atoms with Crippen LogP contribution in [0.2, 0.25) is 0 Å². The Morgan fingerprint density at radius 3 is 2.56 bits per heavy atom. The van der Waals surface area contributed by atoms with Gasteiger partial charge in [0.2, 0.25) is 5.95 Å². The lowest BCUT2D eigenvalue weighted by molar-refractivity contribution is 1.15. The van der Waals surface area contributed by atoms with E-state index >= 15 is 0 Å². The number of nitrogens with two attached hydrogens (primary N) is 2. The first-order valence-corrected chi connectivity index (χ1v) is 5.54. The van der Waals surface area contributed by atoms with Gasteiger partial charge >= 0.3 is 0 Å². The van der Waals surface area contributed by atoms with Crippen LogP contribution in [0.3, 0.4) is 0 Å². The number of anilines is 4. The van der Waals surface area contributed by atoms with Crippen LogP contribution >= 0.6 is 0 Å². The zero-order valence-corrected chi connectivity index (χ0v) is 10.4. The molecule has 0 aliphatic heterocycles. The van der Waals surface area contributed by atoms with Crippen molar-refractivity contribution in [3.05, 3.63) is 35.4 Å². The normalized spacial score (nSPS) is 10.2. The first-order chi connectivity index (χ1) is 8.60. The lowest BCUT2D eigenvalue weighted by Crippen LogP contribution is -2.11. The smallest absolute Gasteiger partial charge is 0.223 e. The first kappa shape index (κ1) is 12.1. The molecule has 0 spiro atoms. The number of hydrazine groups is 1. The number of hydrogen-bond acceptors (Lipinski definition) is 6. The van der Waals surface area contributed by atoms with Gasteiger partial charge in [-0.15, -0.1) is 0 Å². The molecule has 1 heterocycles. The third-order valence-corrected chi connectivity index (χ3v) is 2.76. The number of benzene rings is 1. The van der Waals surface area contributed by atoms with Gasteiger partial charge in [0.25, 0.3) is 0 Å². The SMILES string of the molecule is Cc1cccc(Nc2cc(NN)nc(N)n2)c1C. The molecular weight excluding hydrogens is 228 g/mol. The van der Waals surface area contributed by atoms with Gasteiger partial charge in [0, 0.05) is 11.8 Å². The molecule has 6 nitrogen and oxygen atoms in total. The minimum absolute atomic E-state index is 0.165. The largest absolute Gasteiger partial charge is 0.368 e. The molecule has 18 heavy (non-hydrogen) atoms. The molecule has 0 aliphatic rings. The summed E-state index contributed by atoms with van der Waals surface area (Å²) < 4.78 is 0. The summed E-state index contributed by atoms with van der Waals surface area (Å²) >= 11 is 0. The number of aromatic nitrogens is 2. The van der Waals surface area contributed by atoms with Crippen LogP contribution in [-0.4, -0.2) is 9.97 Å². The summed E-state index contributed by atoms with van der Waals surface area (Å²) in [5.41, 5.74) is 11.4. The Morgan fingerprint density at radius 2 is 1.83 bits per heavy atom. The van der Waals surface area contributed by atoms with Gasteiger partial charge in [-0.25, -0.2) is 5.84 Å². The minimum atomic E-state index is 0.165. The molecule has 94 valence electrons. The third kappa shape index (κ3) is 2.49. The fourth-order valence-electron chi connectivity index (χ4n) is 1.63. The standard InChI is InChI=1S/C12H16N6/c1-7-4-3-5-9(8(7)2)15-10-6-11(18-14)17-12(13)16-10/h3-6H,14H2,1-2H3,(H4,13,15,16,17,18). The molecule has 6 N–H and O–H groups in total. The van der Waals surface area contributed by atoms with Gasteiger partial charge < -0.3 is 16.5 Å². The van der Waals surface area contributed by atoms with Crippen molar-refractivity contribution in [1.82, 2.24) is 9.97 Å². The number of nitrogens with zero attached hydrogens (tertiary/aromatic N) is 2. The van der Waals surface area contributed by atoms with E-state index < -0.39 is 0 Å². The van der Waals surface area contributed by atoms with Crippen LogP contribution in [0.25, 0.3) is 0 Å². The van der Waals surface area contributed by atoms with E-state index in [0.717, 1.165) is 11.3 Å². The van der Waals surface area contributed by atoms with E-state index in [1.165, 1.54) is 5.56 Å². The lowest BCUT2D eigenvalue weighted by Gasteiger charge is -2.11. The second kappa shape index (κ2) is 4.89. The molecular formula is C12H16N6. The van der Waals surface area contributed by atoms with E-state index in [4.69, 9.17) is 11.6 Å². The molecule has 1 aromatic heterocycles. The summed E-state index contributed by atoms with van der Waals surface area (Å²) in [7, 11) is 0. The molecule has 0 atom stereocenters. The quantitative estimate of drug-likeness (QED) is 0.484. The average Bonchev–Trinajstić information content (AvgIpc) is 2.34. The summed E-state index contributed by atoms with van der Waals surface area (Å²) in [6.45, 7) is 4.10. The second-order valence-corrected chi connectivity index (χ2v) is 4.01. The molecule has 0 fully saturated rings. The third-order valence-electron chi connectivity index (χ3n) is 2.76. The molecule has 0 unspecified atom stereocenters. The highest BCUT2D eigenvalue weighted by Crippen LogP contribution is 2.23. The minimum Gasteiger partial charge on any atom is -0.368 e. The maximum Gasteiger partial charge on any atom is 0.223 e. The summed E-state index contributed by atoms with van der Waals surface area (Å²) in [4.78, 5) is 8.03. The molecule has 0 aliphatic carbocycles. The van der Waals surface area contributed by atoms with Gasteiger partial charge in [-0.2, -0.15) is 9.97 Å². The maximum atomic E-state index is 5.60. The fourth-order valence-corrected chi connectivity index (χ4v) is 1.63. The summed E-state index contributed by atoms with van der Waals surface area (Å²) in [6.07, 6.45) is 0. The van der Waals surface area contributed by atoms with Crippen molar-refractivity contribution in [2.75, 3.05) is 16.5 Å². The zero-order chi connectivity index (χ0) is 13.1. The molecule has 0 amide bonds. The summed E-state index contributed by atoms with van der Waals surface area (Å²) in [5, 5.41) is 3.20. The Bertz CT molecular complexity index is 566.